The van der Waals surface area contributed by atoms with E-state index in [2.05, 4.69) is 5.10 Å². The molecule has 2 aromatic rings. The van der Waals surface area contributed by atoms with Crippen molar-refractivity contribution in [3.05, 3.63) is 39.8 Å². The molecule has 2 aromatic heterocycles. The summed E-state index contributed by atoms with van der Waals surface area (Å²) in [6.07, 6.45) is 4.98. The van der Waals surface area contributed by atoms with Crippen LogP contribution in [0.4, 0.5) is 0 Å². The molecule has 6 heteroatoms. The van der Waals surface area contributed by atoms with Crippen LogP contribution in [0.2, 0.25) is 0 Å². The monoisotopic (exact) mass is 345 g/mol. The van der Waals surface area contributed by atoms with Gasteiger partial charge in [-0.3, -0.25) is 9.48 Å². The summed E-state index contributed by atoms with van der Waals surface area (Å²) in [5, 5.41) is 6.42. The number of carbonyl (C=O) groups is 1. The maximum Gasteiger partial charge on any atom is 0.228 e. The normalized spacial score (nSPS) is 20.2. The molecular weight excluding hydrogens is 322 g/mol. The quantitative estimate of drug-likeness (QED) is 0.808. The largest absolute Gasteiger partial charge is 0.380 e. The number of aryl methyl sites for hydroxylation is 1. The summed E-state index contributed by atoms with van der Waals surface area (Å²) in [5.74, 6) is 1.17. The molecule has 1 saturated carbocycles. The van der Waals surface area contributed by atoms with Gasteiger partial charge in [0, 0.05) is 43.1 Å². The van der Waals surface area contributed by atoms with Crippen molar-refractivity contribution >= 4 is 17.2 Å². The molecule has 1 aliphatic carbocycles. The van der Waals surface area contributed by atoms with Crippen LogP contribution in [0.25, 0.3) is 0 Å². The van der Waals surface area contributed by atoms with Gasteiger partial charge in [0.05, 0.1) is 24.9 Å². The first-order chi connectivity index (χ1) is 11.7. The number of hydrogen-bond donors (Lipinski definition) is 0. The zero-order valence-electron chi connectivity index (χ0n) is 14.0. The molecule has 4 rings (SSSR count). The van der Waals surface area contributed by atoms with E-state index in [4.69, 9.17) is 4.74 Å². The minimum absolute atomic E-state index is 0.194. The first-order valence-corrected chi connectivity index (χ1v) is 9.47. The van der Waals surface area contributed by atoms with Crippen LogP contribution in [0.15, 0.2) is 23.7 Å². The fourth-order valence-corrected chi connectivity index (χ4v) is 4.12. The topological polar surface area (TPSA) is 47.4 Å². The van der Waals surface area contributed by atoms with E-state index in [1.165, 1.54) is 18.5 Å². The van der Waals surface area contributed by atoms with E-state index >= 15 is 0 Å². The number of ether oxygens (including phenoxy) is 1. The second-order valence-electron chi connectivity index (χ2n) is 6.89. The lowest BCUT2D eigenvalue weighted by molar-refractivity contribution is -0.132. The maximum atomic E-state index is 12.7. The van der Waals surface area contributed by atoms with Crippen molar-refractivity contribution in [2.24, 2.45) is 13.0 Å². The maximum absolute atomic E-state index is 12.7. The Morgan fingerprint density at radius 1 is 1.42 bits per heavy atom. The molecule has 1 atom stereocenters. The summed E-state index contributed by atoms with van der Waals surface area (Å²) >= 11 is 1.64. The summed E-state index contributed by atoms with van der Waals surface area (Å²) < 4.78 is 7.88. The first-order valence-electron chi connectivity index (χ1n) is 8.59. The van der Waals surface area contributed by atoms with Crippen LogP contribution >= 0.6 is 11.3 Å². The van der Waals surface area contributed by atoms with Crippen molar-refractivity contribution in [3.8, 4) is 0 Å². The van der Waals surface area contributed by atoms with Crippen LogP contribution in [-0.2, 0) is 29.5 Å². The first kappa shape index (κ1) is 15.8. The van der Waals surface area contributed by atoms with E-state index in [-0.39, 0.29) is 11.8 Å². The van der Waals surface area contributed by atoms with E-state index in [1.54, 1.807) is 11.3 Å². The van der Waals surface area contributed by atoms with E-state index < -0.39 is 0 Å². The van der Waals surface area contributed by atoms with Gasteiger partial charge >= 0.3 is 0 Å². The fraction of sp³-hybridized carbons (Fsp3) is 0.556. The minimum Gasteiger partial charge on any atom is -0.380 e. The van der Waals surface area contributed by atoms with Crippen LogP contribution in [0, 0.1) is 5.92 Å². The predicted molar refractivity (Wildman–Crippen MR) is 92.9 cm³/mol. The number of amides is 1. The number of aromatic nitrogens is 2. The molecule has 24 heavy (non-hydrogen) atoms. The van der Waals surface area contributed by atoms with Crippen LogP contribution in [0.3, 0.4) is 0 Å². The molecule has 128 valence electrons. The highest BCUT2D eigenvalue weighted by atomic mass is 32.1. The van der Waals surface area contributed by atoms with E-state index in [0.29, 0.717) is 19.6 Å². The van der Waals surface area contributed by atoms with Gasteiger partial charge in [-0.2, -0.15) is 5.10 Å². The third-order valence-corrected chi connectivity index (χ3v) is 5.76. The van der Waals surface area contributed by atoms with Crippen molar-refractivity contribution in [3.63, 3.8) is 0 Å². The molecule has 0 N–H and O–H groups in total. The molecule has 0 radical (unpaired) electrons. The summed E-state index contributed by atoms with van der Waals surface area (Å²) in [7, 11) is 1.98. The third kappa shape index (κ3) is 3.39. The molecular formula is C18H23N3O2S. The second-order valence-corrected chi connectivity index (χ2v) is 7.92. The van der Waals surface area contributed by atoms with E-state index in [9.17, 15) is 4.79 Å². The number of rotatable bonds is 6. The van der Waals surface area contributed by atoms with Crippen LogP contribution in [0.1, 0.15) is 34.9 Å². The van der Waals surface area contributed by atoms with Crippen molar-refractivity contribution in [2.75, 3.05) is 19.8 Å². The summed E-state index contributed by atoms with van der Waals surface area (Å²) in [6.45, 7) is 2.91. The Morgan fingerprint density at radius 3 is 3.04 bits per heavy atom. The third-order valence-electron chi connectivity index (χ3n) is 4.88. The summed E-state index contributed by atoms with van der Waals surface area (Å²) in [4.78, 5) is 15.8. The molecule has 0 saturated heterocycles. The average molecular weight is 345 g/mol. The molecule has 0 unspecified atom stereocenters. The van der Waals surface area contributed by atoms with Gasteiger partial charge < -0.3 is 9.64 Å². The lowest BCUT2D eigenvalue weighted by Crippen LogP contribution is -2.40. The predicted octanol–water partition coefficient (Wildman–Crippen LogP) is 2.58. The minimum atomic E-state index is 0.194. The fourth-order valence-electron chi connectivity index (χ4n) is 3.42. The molecule has 3 heterocycles. The van der Waals surface area contributed by atoms with Gasteiger partial charge in [-0.05, 0) is 30.2 Å². The van der Waals surface area contributed by atoms with Crippen molar-refractivity contribution in [2.45, 2.75) is 31.7 Å². The molecule has 2 aliphatic rings. The molecule has 1 amide bonds. The lowest BCUT2D eigenvalue weighted by Gasteiger charge is -2.33. The molecule has 0 spiro atoms. The van der Waals surface area contributed by atoms with Gasteiger partial charge in [0.25, 0.3) is 0 Å². The summed E-state index contributed by atoms with van der Waals surface area (Å²) in [6, 6.07) is 4.02. The molecule has 1 fully saturated rings. The molecule has 0 bridgehead atoms. The Kier molecular flexibility index (Phi) is 4.41. The molecule has 1 aliphatic heterocycles. The second kappa shape index (κ2) is 6.69. The van der Waals surface area contributed by atoms with Crippen LogP contribution < -0.4 is 0 Å². The van der Waals surface area contributed by atoms with Crippen LogP contribution in [-0.4, -0.2) is 40.3 Å². The lowest BCUT2D eigenvalue weighted by atomic mass is 9.96. The van der Waals surface area contributed by atoms with Crippen LogP contribution in [0.5, 0.6) is 0 Å². The van der Waals surface area contributed by atoms with Gasteiger partial charge in [0.1, 0.15) is 0 Å². The standard InChI is InChI=1S/C18H23N3O2S/c1-20-18-14(8-19-20)9-21(17(22)7-16-3-2-6-24-16)10-15(18)12-23-11-13-4-5-13/h2-3,6,8,13,15H,4-5,7,9-12H2,1H3/t15-/m1/s1. The van der Waals surface area contributed by atoms with Crippen molar-refractivity contribution in [1.29, 1.82) is 0 Å². The molecule has 0 aromatic carbocycles. The van der Waals surface area contributed by atoms with E-state index in [0.717, 1.165) is 29.5 Å². The van der Waals surface area contributed by atoms with Gasteiger partial charge in [-0.25, -0.2) is 0 Å². The van der Waals surface area contributed by atoms with Gasteiger partial charge in [-0.15, -0.1) is 11.3 Å². The highest BCUT2D eigenvalue weighted by molar-refractivity contribution is 7.10. The number of carbonyl (C=O) groups excluding carboxylic acids is 1. The Bertz CT molecular complexity index is 706. The Hall–Kier alpha value is -1.66. The highest BCUT2D eigenvalue weighted by Crippen LogP contribution is 2.31. The van der Waals surface area contributed by atoms with Crippen molar-refractivity contribution < 1.29 is 9.53 Å². The zero-order chi connectivity index (χ0) is 16.5. The Balaban J connectivity index is 1.45. The number of fused-ring (bicyclic) bond motifs is 1. The zero-order valence-corrected chi connectivity index (χ0v) is 14.8. The number of thiophene rings is 1. The van der Waals surface area contributed by atoms with Crippen molar-refractivity contribution in [1.82, 2.24) is 14.7 Å². The smallest absolute Gasteiger partial charge is 0.228 e. The average Bonchev–Trinajstić information content (AvgIpc) is 3.10. The Labute approximate surface area is 146 Å². The number of nitrogens with zero attached hydrogens (tertiary/aromatic N) is 3. The molecule has 5 nitrogen and oxygen atoms in total. The van der Waals surface area contributed by atoms with Gasteiger partial charge in [0.15, 0.2) is 0 Å². The number of hydrogen-bond acceptors (Lipinski definition) is 4. The SMILES string of the molecule is Cn1ncc2c1[C@@H](COCC1CC1)CN(C(=O)Cc1cccs1)C2. The van der Waals surface area contributed by atoms with E-state index in [1.807, 2.05) is 40.3 Å². The Morgan fingerprint density at radius 2 is 2.29 bits per heavy atom. The van der Waals surface area contributed by atoms with Gasteiger partial charge in [-0.1, -0.05) is 6.07 Å². The van der Waals surface area contributed by atoms with Gasteiger partial charge in [0.2, 0.25) is 5.91 Å². The highest BCUT2D eigenvalue weighted by Gasteiger charge is 2.32. The summed E-state index contributed by atoms with van der Waals surface area (Å²) in [5.41, 5.74) is 2.38.